The number of oxime groups is 1. The van der Waals surface area contributed by atoms with Crippen LogP contribution in [0.2, 0.25) is 0 Å². The summed E-state index contributed by atoms with van der Waals surface area (Å²) in [4.78, 5) is 48.0. The van der Waals surface area contributed by atoms with Crippen LogP contribution in [0.5, 0.6) is 0 Å². The van der Waals surface area contributed by atoms with Crippen LogP contribution in [-0.4, -0.2) is 61.5 Å². The third-order valence-electron chi connectivity index (χ3n) is 5.25. The number of anilines is 1. The number of hydrogen-bond acceptors (Lipinski definition) is 11. The summed E-state index contributed by atoms with van der Waals surface area (Å²) in [5, 5.41) is 17.9. The van der Waals surface area contributed by atoms with E-state index in [4.69, 9.17) is 10.6 Å². The van der Waals surface area contributed by atoms with Gasteiger partial charge in [0.1, 0.15) is 18.0 Å². The smallest absolute Gasteiger partial charge is 0.278 e. The third kappa shape index (κ3) is 4.98. The van der Waals surface area contributed by atoms with Gasteiger partial charge in [0, 0.05) is 34.0 Å². The molecule has 4 rings (SSSR count). The maximum Gasteiger partial charge on any atom is 0.278 e. The van der Waals surface area contributed by atoms with Crippen molar-refractivity contribution >= 4 is 51.9 Å². The number of amides is 2. The van der Waals surface area contributed by atoms with E-state index in [0.717, 1.165) is 22.7 Å². The molecule has 2 amide bonds. The molecule has 3 N–H and O–H groups in total. The van der Waals surface area contributed by atoms with E-state index in [1.807, 2.05) is 36.9 Å². The fourth-order valence-corrected chi connectivity index (χ4v) is 5.72. The number of thioether (sulfide) groups is 1. The molecule has 0 saturated carbocycles. The lowest BCUT2D eigenvalue weighted by molar-refractivity contribution is -0.689. The van der Waals surface area contributed by atoms with E-state index in [2.05, 4.69) is 19.8 Å². The predicted octanol–water partition coefficient (Wildman–Crippen LogP) is -1.13. The molecule has 4 heterocycles. The van der Waals surface area contributed by atoms with Gasteiger partial charge in [-0.05, 0) is 26.8 Å². The van der Waals surface area contributed by atoms with Gasteiger partial charge in [-0.25, -0.2) is 4.57 Å². The number of carboxylic acids is 1. The van der Waals surface area contributed by atoms with Crippen LogP contribution in [0.4, 0.5) is 5.13 Å². The van der Waals surface area contributed by atoms with Crippen molar-refractivity contribution in [3.63, 3.8) is 0 Å². The van der Waals surface area contributed by atoms with E-state index in [1.54, 1.807) is 6.92 Å². The summed E-state index contributed by atoms with van der Waals surface area (Å²) in [7, 11) is 0. The summed E-state index contributed by atoms with van der Waals surface area (Å²) >= 11 is 2.25. The van der Waals surface area contributed by atoms with Crippen molar-refractivity contribution in [3.05, 3.63) is 46.7 Å². The standard InChI is InChI=1S/C21H23N7O5S2/c1-4-33-25-13(16-24-21(22)35-26-16)17(29)23-14-18(30)28-15(20(31)32)12(9-34-19(14)28)8-27-6-10(2)5-11(3)7-27/h5-7,14,19H,4,8-9H2,1-3H3,(H3-,22,23,24,26,29,31,32)/t14?,19-/m1/s1. The normalized spacial score (nSPS) is 19.8. The second kappa shape index (κ2) is 10.00. The van der Waals surface area contributed by atoms with Crippen molar-refractivity contribution in [2.24, 2.45) is 5.16 Å². The largest absolute Gasteiger partial charge is 0.543 e. The lowest BCUT2D eigenvalue weighted by Crippen LogP contribution is -2.71. The molecule has 0 radical (unpaired) electrons. The molecule has 2 aliphatic heterocycles. The van der Waals surface area contributed by atoms with Crippen molar-refractivity contribution in [2.75, 3.05) is 18.1 Å². The highest BCUT2D eigenvalue weighted by atomic mass is 32.2. The van der Waals surface area contributed by atoms with Gasteiger partial charge in [0.15, 0.2) is 24.1 Å². The number of carbonyl (C=O) groups is 3. The molecular weight excluding hydrogens is 494 g/mol. The Hall–Kier alpha value is -3.52. The van der Waals surface area contributed by atoms with E-state index < -0.39 is 29.2 Å². The van der Waals surface area contributed by atoms with E-state index in [9.17, 15) is 19.5 Å². The number of carbonyl (C=O) groups excluding carboxylic acids is 3. The zero-order valence-corrected chi connectivity index (χ0v) is 20.8. The number of pyridine rings is 1. The van der Waals surface area contributed by atoms with Crippen LogP contribution in [-0.2, 0) is 25.8 Å². The highest BCUT2D eigenvalue weighted by Gasteiger charge is 2.53. The van der Waals surface area contributed by atoms with Gasteiger partial charge in [-0.15, -0.1) is 11.8 Å². The Labute approximate surface area is 209 Å². The number of nitrogens with zero attached hydrogens (tertiary/aromatic N) is 5. The fraction of sp³-hybridized carbons (Fsp3) is 0.381. The van der Waals surface area contributed by atoms with Crippen LogP contribution in [0.3, 0.4) is 0 Å². The molecular formula is C21H23N7O5S2. The highest BCUT2D eigenvalue weighted by molar-refractivity contribution is 8.00. The maximum absolute atomic E-state index is 13.0. The van der Waals surface area contributed by atoms with Gasteiger partial charge < -0.3 is 25.8 Å². The SMILES string of the molecule is CCON=C(C(=O)NC1C(=O)N2C(C(=O)[O-])=C(C[n+]3cc(C)cc(C)c3)CS[C@H]12)c1nsc(N)n1. The van der Waals surface area contributed by atoms with Gasteiger partial charge in [0.2, 0.25) is 11.5 Å². The molecule has 2 atom stereocenters. The Balaban J connectivity index is 1.54. The van der Waals surface area contributed by atoms with Gasteiger partial charge in [-0.3, -0.25) is 14.5 Å². The minimum absolute atomic E-state index is 0.0264. The Bertz CT molecular complexity index is 1240. The number of β-lactam (4-membered cyclic amide) rings is 1. The summed E-state index contributed by atoms with van der Waals surface area (Å²) in [5.74, 6) is -2.39. The number of aliphatic carboxylic acids is 1. The van der Waals surface area contributed by atoms with Crippen LogP contribution in [0.15, 0.2) is 34.9 Å². The molecule has 2 aromatic rings. The Morgan fingerprint density at radius 2 is 2.09 bits per heavy atom. The van der Waals surface area contributed by atoms with E-state index in [-0.39, 0.29) is 29.0 Å². The summed E-state index contributed by atoms with van der Waals surface area (Å²) in [6, 6.07) is 1.06. The Morgan fingerprint density at radius 1 is 1.37 bits per heavy atom. The quantitative estimate of drug-likeness (QED) is 0.191. The van der Waals surface area contributed by atoms with Crippen LogP contribution in [0.25, 0.3) is 0 Å². The molecule has 14 heteroatoms. The summed E-state index contributed by atoms with van der Waals surface area (Å²) in [6.07, 6.45) is 3.81. The molecule has 0 aromatic carbocycles. The van der Waals surface area contributed by atoms with Crippen LogP contribution in [0.1, 0.15) is 23.9 Å². The maximum atomic E-state index is 13.0. The minimum Gasteiger partial charge on any atom is -0.543 e. The molecule has 12 nitrogen and oxygen atoms in total. The lowest BCUT2D eigenvalue weighted by atomic mass is 10.0. The first-order chi connectivity index (χ1) is 16.7. The first kappa shape index (κ1) is 24.6. The second-order valence-corrected chi connectivity index (χ2v) is 9.87. The lowest BCUT2D eigenvalue weighted by Gasteiger charge is -2.50. The van der Waals surface area contributed by atoms with Crippen molar-refractivity contribution in [1.29, 1.82) is 0 Å². The van der Waals surface area contributed by atoms with Crippen molar-refractivity contribution in [2.45, 2.75) is 38.7 Å². The molecule has 35 heavy (non-hydrogen) atoms. The van der Waals surface area contributed by atoms with Gasteiger partial charge in [-0.1, -0.05) is 5.16 Å². The number of nitrogens with two attached hydrogens (primary N) is 1. The number of carboxylic acid groups (broad SMARTS) is 1. The zero-order valence-electron chi connectivity index (χ0n) is 19.2. The first-order valence-electron chi connectivity index (χ1n) is 10.6. The summed E-state index contributed by atoms with van der Waals surface area (Å²) in [5.41, 5.74) is 7.84. The van der Waals surface area contributed by atoms with Gasteiger partial charge in [-0.2, -0.15) is 9.36 Å². The van der Waals surface area contributed by atoms with E-state index >= 15 is 0 Å². The molecule has 1 fully saturated rings. The average molecular weight is 518 g/mol. The molecule has 0 bridgehead atoms. The summed E-state index contributed by atoms with van der Waals surface area (Å²) < 4.78 is 5.86. The predicted molar refractivity (Wildman–Crippen MR) is 126 cm³/mol. The van der Waals surface area contributed by atoms with Gasteiger partial charge in [0.25, 0.3) is 11.8 Å². The number of aryl methyl sites for hydroxylation is 2. The monoisotopic (exact) mass is 517 g/mol. The first-order valence-corrected chi connectivity index (χ1v) is 12.5. The van der Waals surface area contributed by atoms with Gasteiger partial charge >= 0.3 is 0 Å². The van der Waals surface area contributed by atoms with E-state index in [1.165, 1.54) is 16.7 Å². The average Bonchev–Trinajstić information content (AvgIpc) is 3.22. The van der Waals surface area contributed by atoms with Crippen molar-refractivity contribution in [1.82, 2.24) is 19.6 Å². The molecule has 0 aliphatic carbocycles. The minimum atomic E-state index is -1.44. The number of nitrogen functional groups attached to an aromatic ring is 1. The topological polar surface area (TPSA) is 167 Å². The van der Waals surface area contributed by atoms with Crippen LogP contribution < -0.4 is 20.7 Å². The van der Waals surface area contributed by atoms with Gasteiger partial charge in [0.05, 0.1) is 11.7 Å². The number of nitrogens with one attached hydrogen (secondary N) is 1. The zero-order chi connectivity index (χ0) is 25.3. The molecule has 2 aromatic heterocycles. The van der Waals surface area contributed by atoms with Crippen LogP contribution >= 0.6 is 23.3 Å². The van der Waals surface area contributed by atoms with Crippen LogP contribution in [0, 0.1) is 13.8 Å². The van der Waals surface area contributed by atoms with E-state index in [0.29, 0.717) is 17.9 Å². The fourth-order valence-electron chi connectivity index (χ4n) is 3.95. The number of rotatable bonds is 8. The third-order valence-corrected chi connectivity index (χ3v) is 7.13. The molecule has 0 spiro atoms. The molecule has 2 aliphatic rings. The summed E-state index contributed by atoms with van der Waals surface area (Å²) in [6.45, 7) is 6.10. The number of fused-ring (bicyclic) bond motifs is 1. The van der Waals surface area contributed by atoms with Crippen molar-refractivity contribution < 1.29 is 28.9 Å². The number of aromatic nitrogens is 3. The Morgan fingerprint density at radius 3 is 2.69 bits per heavy atom. The molecule has 1 unspecified atom stereocenters. The van der Waals surface area contributed by atoms with Crippen molar-refractivity contribution in [3.8, 4) is 0 Å². The highest BCUT2D eigenvalue weighted by Crippen LogP contribution is 2.40. The number of hydrogen-bond donors (Lipinski definition) is 2. The molecule has 1 saturated heterocycles. The Kier molecular flexibility index (Phi) is 7.03. The second-order valence-electron chi connectivity index (χ2n) is 7.98. The molecule has 184 valence electrons.